The molecule has 70 valence electrons. The molecular formula is C11H15NO. The van der Waals surface area contributed by atoms with E-state index >= 15 is 0 Å². The quantitative estimate of drug-likeness (QED) is 0.748. The summed E-state index contributed by atoms with van der Waals surface area (Å²) < 4.78 is 5.17. The molecule has 13 heavy (non-hydrogen) atoms. The molecule has 0 aromatic heterocycles. The first-order valence-corrected chi connectivity index (χ1v) is 4.69. The summed E-state index contributed by atoms with van der Waals surface area (Å²) >= 11 is 0. The Hall–Kier alpha value is -1.02. The summed E-state index contributed by atoms with van der Waals surface area (Å²) in [6, 6.07) is 8.69. The Balaban J connectivity index is 2.12. The Morgan fingerprint density at radius 1 is 1.38 bits per heavy atom. The lowest BCUT2D eigenvalue weighted by molar-refractivity contribution is 0.349. The van der Waals surface area contributed by atoms with Crippen molar-refractivity contribution in [3.05, 3.63) is 29.8 Å². The molecule has 0 aliphatic heterocycles. The van der Waals surface area contributed by atoms with Crippen molar-refractivity contribution >= 4 is 0 Å². The summed E-state index contributed by atoms with van der Waals surface area (Å²) in [4.78, 5) is 0. The molecule has 0 saturated heterocycles. The minimum atomic E-state index is 0.413. The van der Waals surface area contributed by atoms with Crippen molar-refractivity contribution in [2.75, 3.05) is 7.11 Å². The first-order valence-electron chi connectivity index (χ1n) is 4.69. The molecule has 0 amide bonds. The van der Waals surface area contributed by atoms with Crippen LogP contribution in [0.2, 0.25) is 0 Å². The van der Waals surface area contributed by atoms with Crippen LogP contribution in [-0.2, 0) is 0 Å². The van der Waals surface area contributed by atoms with E-state index < -0.39 is 0 Å². The maximum absolute atomic E-state index is 5.75. The molecule has 0 spiro atoms. The van der Waals surface area contributed by atoms with Crippen molar-refractivity contribution in [2.24, 2.45) is 5.73 Å². The zero-order valence-electron chi connectivity index (χ0n) is 7.86. The first-order chi connectivity index (χ1) is 6.29. The smallest absolute Gasteiger partial charge is 0.119 e. The van der Waals surface area contributed by atoms with Gasteiger partial charge in [0.25, 0.3) is 0 Å². The Labute approximate surface area is 78.7 Å². The SMILES string of the molecule is COc1cccc(C2CC(N)C2)c1. The number of methoxy groups -OCH3 is 1. The average molecular weight is 177 g/mol. The van der Waals surface area contributed by atoms with Crippen LogP contribution in [0.1, 0.15) is 24.3 Å². The molecule has 1 aromatic rings. The molecule has 0 radical (unpaired) electrons. The van der Waals surface area contributed by atoms with Crippen molar-refractivity contribution in [2.45, 2.75) is 24.8 Å². The Bertz CT molecular complexity index is 292. The standard InChI is InChI=1S/C11H15NO/c1-13-11-4-2-3-8(7-11)9-5-10(12)6-9/h2-4,7,9-10H,5-6,12H2,1H3. The maximum Gasteiger partial charge on any atom is 0.119 e. The van der Waals surface area contributed by atoms with Gasteiger partial charge in [0.15, 0.2) is 0 Å². The molecular weight excluding hydrogens is 162 g/mol. The van der Waals surface area contributed by atoms with Crippen molar-refractivity contribution in [1.29, 1.82) is 0 Å². The molecule has 2 nitrogen and oxygen atoms in total. The van der Waals surface area contributed by atoms with Gasteiger partial charge in [-0.05, 0) is 36.5 Å². The lowest BCUT2D eigenvalue weighted by atomic mass is 9.76. The summed E-state index contributed by atoms with van der Waals surface area (Å²) in [5.41, 5.74) is 7.11. The van der Waals surface area contributed by atoms with Gasteiger partial charge in [0.05, 0.1) is 7.11 Å². The zero-order valence-corrected chi connectivity index (χ0v) is 7.86. The first kappa shape index (κ1) is 8.57. The molecule has 2 N–H and O–H groups in total. The van der Waals surface area contributed by atoms with Gasteiger partial charge in [-0.2, -0.15) is 0 Å². The van der Waals surface area contributed by atoms with E-state index in [4.69, 9.17) is 10.5 Å². The minimum absolute atomic E-state index is 0.413. The highest BCUT2D eigenvalue weighted by atomic mass is 16.5. The highest BCUT2D eigenvalue weighted by Gasteiger charge is 2.27. The second-order valence-corrected chi connectivity index (χ2v) is 3.71. The summed E-state index contributed by atoms with van der Waals surface area (Å²) in [5, 5.41) is 0. The van der Waals surface area contributed by atoms with Crippen molar-refractivity contribution in [3.63, 3.8) is 0 Å². The van der Waals surface area contributed by atoms with E-state index in [2.05, 4.69) is 12.1 Å². The van der Waals surface area contributed by atoms with Gasteiger partial charge in [-0.15, -0.1) is 0 Å². The van der Waals surface area contributed by atoms with Crippen LogP contribution in [0.25, 0.3) is 0 Å². The third-order valence-corrected chi connectivity index (χ3v) is 2.74. The maximum atomic E-state index is 5.75. The van der Waals surface area contributed by atoms with Crippen LogP contribution >= 0.6 is 0 Å². The monoisotopic (exact) mass is 177 g/mol. The van der Waals surface area contributed by atoms with Gasteiger partial charge in [0.2, 0.25) is 0 Å². The Morgan fingerprint density at radius 2 is 2.15 bits per heavy atom. The van der Waals surface area contributed by atoms with Crippen molar-refractivity contribution in [3.8, 4) is 5.75 Å². The molecule has 1 aromatic carbocycles. The number of hydrogen-bond acceptors (Lipinski definition) is 2. The fraction of sp³-hybridized carbons (Fsp3) is 0.455. The van der Waals surface area contributed by atoms with E-state index in [-0.39, 0.29) is 0 Å². The van der Waals surface area contributed by atoms with Crippen LogP contribution in [0.4, 0.5) is 0 Å². The fourth-order valence-corrected chi connectivity index (χ4v) is 1.83. The van der Waals surface area contributed by atoms with Crippen LogP contribution in [0, 0.1) is 0 Å². The predicted octanol–water partition coefficient (Wildman–Crippen LogP) is 1.90. The minimum Gasteiger partial charge on any atom is -0.497 e. The summed E-state index contributed by atoms with van der Waals surface area (Å²) in [7, 11) is 1.70. The molecule has 1 fully saturated rings. The molecule has 2 rings (SSSR count). The molecule has 2 heteroatoms. The summed E-state index contributed by atoms with van der Waals surface area (Å²) in [5.74, 6) is 1.60. The Morgan fingerprint density at radius 3 is 2.77 bits per heavy atom. The van der Waals surface area contributed by atoms with E-state index in [0.29, 0.717) is 12.0 Å². The van der Waals surface area contributed by atoms with Gasteiger partial charge in [0.1, 0.15) is 5.75 Å². The van der Waals surface area contributed by atoms with Gasteiger partial charge in [-0.1, -0.05) is 12.1 Å². The predicted molar refractivity (Wildman–Crippen MR) is 52.9 cm³/mol. The zero-order chi connectivity index (χ0) is 9.26. The largest absolute Gasteiger partial charge is 0.497 e. The molecule has 1 aliphatic carbocycles. The van der Waals surface area contributed by atoms with Crippen molar-refractivity contribution in [1.82, 2.24) is 0 Å². The van der Waals surface area contributed by atoms with Gasteiger partial charge in [-0.3, -0.25) is 0 Å². The van der Waals surface area contributed by atoms with E-state index in [1.165, 1.54) is 5.56 Å². The van der Waals surface area contributed by atoms with Gasteiger partial charge < -0.3 is 10.5 Å². The van der Waals surface area contributed by atoms with Gasteiger partial charge >= 0.3 is 0 Å². The highest BCUT2D eigenvalue weighted by Crippen LogP contribution is 2.36. The molecule has 0 atom stereocenters. The summed E-state index contributed by atoms with van der Waals surface area (Å²) in [6.07, 6.45) is 2.24. The van der Waals surface area contributed by atoms with Crippen LogP contribution in [0.3, 0.4) is 0 Å². The lowest BCUT2D eigenvalue weighted by Gasteiger charge is -2.32. The van der Waals surface area contributed by atoms with Gasteiger partial charge in [0, 0.05) is 6.04 Å². The number of benzene rings is 1. The molecule has 0 unspecified atom stereocenters. The van der Waals surface area contributed by atoms with Crippen LogP contribution < -0.4 is 10.5 Å². The van der Waals surface area contributed by atoms with Crippen LogP contribution in [-0.4, -0.2) is 13.2 Å². The van der Waals surface area contributed by atoms with Crippen molar-refractivity contribution < 1.29 is 4.74 Å². The average Bonchev–Trinajstić information content (AvgIpc) is 2.13. The van der Waals surface area contributed by atoms with E-state index in [1.807, 2.05) is 12.1 Å². The third-order valence-electron chi connectivity index (χ3n) is 2.74. The number of rotatable bonds is 2. The normalized spacial score (nSPS) is 26.6. The molecule has 0 heterocycles. The lowest BCUT2D eigenvalue weighted by Crippen LogP contribution is -2.34. The number of hydrogen-bond donors (Lipinski definition) is 1. The second-order valence-electron chi connectivity index (χ2n) is 3.71. The third kappa shape index (κ3) is 1.68. The topological polar surface area (TPSA) is 35.2 Å². The summed E-state index contributed by atoms with van der Waals surface area (Å²) in [6.45, 7) is 0. The molecule has 1 aliphatic rings. The van der Waals surface area contributed by atoms with E-state index in [9.17, 15) is 0 Å². The van der Waals surface area contributed by atoms with E-state index in [1.54, 1.807) is 7.11 Å². The van der Waals surface area contributed by atoms with Crippen LogP contribution in [0.5, 0.6) is 5.75 Å². The second kappa shape index (κ2) is 3.38. The van der Waals surface area contributed by atoms with Crippen LogP contribution in [0.15, 0.2) is 24.3 Å². The fourth-order valence-electron chi connectivity index (χ4n) is 1.83. The number of ether oxygens (including phenoxy) is 1. The molecule has 0 bridgehead atoms. The highest BCUT2D eigenvalue weighted by molar-refractivity contribution is 5.32. The van der Waals surface area contributed by atoms with Gasteiger partial charge in [-0.25, -0.2) is 0 Å². The number of nitrogens with two attached hydrogens (primary N) is 1. The Kier molecular flexibility index (Phi) is 2.23. The molecule has 1 saturated carbocycles. The van der Waals surface area contributed by atoms with E-state index in [0.717, 1.165) is 18.6 Å².